The summed E-state index contributed by atoms with van der Waals surface area (Å²) in [5.41, 5.74) is 2.90. The summed E-state index contributed by atoms with van der Waals surface area (Å²) in [7, 11) is 1.66. The number of urea groups is 1. The maximum atomic E-state index is 13.5. The highest BCUT2D eigenvalue weighted by atomic mass is 16.4. The number of nitrogens with zero attached hydrogens (tertiary/aromatic N) is 4. The van der Waals surface area contributed by atoms with Crippen LogP contribution in [-0.4, -0.2) is 81.1 Å². The number of hydrazine groups is 1. The van der Waals surface area contributed by atoms with Crippen LogP contribution in [0, 0.1) is 6.92 Å². The van der Waals surface area contributed by atoms with Gasteiger partial charge in [-0.1, -0.05) is 60.2 Å². The molecule has 2 fully saturated rings. The van der Waals surface area contributed by atoms with Crippen molar-refractivity contribution in [1.29, 1.82) is 0 Å². The smallest absolute Gasteiger partial charge is 0.334 e. The van der Waals surface area contributed by atoms with Crippen molar-refractivity contribution in [3.05, 3.63) is 71.3 Å². The molecule has 4 amide bonds. The number of hydrogen-bond donors (Lipinski definition) is 2. The molecular formula is C26H31N5O5. The van der Waals surface area contributed by atoms with Crippen LogP contribution < -0.4 is 5.32 Å². The second kappa shape index (κ2) is 10.8. The van der Waals surface area contributed by atoms with Crippen molar-refractivity contribution in [3.63, 3.8) is 0 Å². The van der Waals surface area contributed by atoms with Crippen LogP contribution in [0.3, 0.4) is 0 Å². The van der Waals surface area contributed by atoms with Crippen molar-refractivity contribution in [2.24, 2.45) is 0 Å². The first-order valence-electron chi connectivity index (χ1n) is 11.9. The van der Waals surface area contributed by atoms with Gasteiger partial charge in [-0.05, 0) is 24.5 Å². The lowest BCUT2D eigenvalue weighted by Gasteiger charge is -2.54. The maximum Gasteiger partial charge on any atom is 0.334 e. The molecule has 10 heteroatoms. The molecule has 0 radical (unpaired) electrons. The number of piperazine rings is 1. The fourth-order valence-electron chi connectivity index (χ4n) is 4.87. The molecule has 2 saturated heterocycles. The average Bonchev–Trinajstić information content (AvgIpc) is 2.83. The lowest BCUT2D eigenvalue weighted by molar-refractivity contribution is -0.188. The number of likely N-dealkylation sites (N-methyl/N-ethyl adjacent to an activating group) is 1. The highest BCUT2D eigenvalue weighted by molar-refractivity contribution is 5.91. The molecule has 36 heavy (non-hydrogen) atoms. The number of aryl methyl sites for hydroxylation is 1. The Balaban J connectivity index is 1.61. The molecule has 0 spiro atoms. The number of aliphatic carboxylic acids is 1. The molecule has 190 valence electrons. The van der Waals surface area contributed by atoms with Gasteiger partial charge in [0.05, 0.1) is 13.1 Å². The fraction of sp³-hybridized carbons (Fsp3) is 0.385. The zero-order valence-corrected chi connectivity index (χ0v) is 20.5. The topological polar surface area (TPSA) is 114 Å². The molecular weight excluding hydrogens is 462 g/mol. The Morgan fingerprint density at radius 1 is 1.06 bits per heavy atom. The Hall–Kier alpha value is -3.92. The van der Waals surface area contributed by atoms with Crippen molar-refractivity contribution >= 4 is 23.8 Å². The van der Waals surface area contributed by atoms with Crippen LogP contribution in [0.5, 0.6) is 0 Å². The molecule has 2 atom stereocenters. The lowest BCUT2D eigenvalue weighted by Crippen LogP contribution is -2.75. The number of fused-ring (bicyclic) bond motifs is 1. The number of carbonyl (C=O) groups is 4. The molecule has 2 heterocycles. The van der Waals surface area contributed by atoms with Gasteiger partial charge in [0.2, 0.25) is 11.8 Å². The number of benzene rings is 2. The van der Waals surface area contributed by atoms with E-state index < -0.39 is 24.2 Å². The van der Waals surface area contributed by atoms with Gasteiger partial charge >= 0.3 is 12.0 Å². The second-order valence-electron chi connectivity index (χ2n) is 9.24. The van der Waals surface area contributed by atoms with Crippen LogP contribution in [0.25, 0.3) is 0 Å². The standard InChI is InChI=1S/C26H31N5O5/c1-18-7-6-10-20(13-18)15-29-16-22-30(21(25(29)35)11-12-24(33)34)23(32)17-28(2)31(22)26(36)27-14-19-8-4-3-5-9-19/h3-10,13,21-22H,11-12,14-17H2,1-2H3,(H,27,36)(H,33,34)/t21-,22-/m0/s1. The van der Waals surface area contributed by atoms with Gasteiger partial charge in [-0.2, -0.15) is 0 Å². The van der Waals surface area contributed by atoms with Gasteiger partial charge in [-0.25, -0.2) is 14.8 Å². The Morgan fingerprint density at radius 3 is 2.47 bits per heavy atom. The van der Waals surface area contributed by atoms with E-state index in [0.29, 0.717) is 13.1 Å². The van der Waals surface area contributed by atoms with Crippen molar-refractivity contribution < 1.29 is 24.3 Å². The number of nitrogens with one attached hydrogen (secondary N) is 1. The molecule has 2 aromatic carbocycles. The van der Waals surface area contributed by atoms with Gasteiger partial charge < -0.3 is 20.2 Å². The summed E-state index contributed by atoms with van der Waals surface area (Å²) in [4.78, 5) is 54.3. The Kier molecular flexibility index (Phi) is 7.54. The van der Waals surface area contributed by atoms with Gasteiger partial charge in [-0.15, -0.1) is 0 Å². The zero-order valence-electron chi connectivity index (χ0n) is 20.5. The minimum Gasteiger partial charge on any atom is -0.481 e. The number of amides is 4. The Bertz CT molecular complexity index is 1140. The number of hydrogen-bond acceptors (Lipinski definition) is 5. The Morgan fingerprint density at radius 2 is 1.78 bits per heavy atom. The van der Waals surface area contributed by atoms with Crippen LogP contribution >= 0.6 is 0 Å². The van der Waals surface area contributed by atoms with Crippen molar-refractivity contribution in [2.75, 3.05) is 20.1 Å². The highest BCUT2D eigenvalue weighted by Crippen LogP contribution is 2.29. The highest BCUT2D eigenvalue weighted by Gasteiger charge is 2.50. The average molecular weight is 494 g/mol. The summed E-state index contributed by atoms with van der Waals surface area (Å²) in [6.45, 7) is 2.59. The van der Waals surface area contributed by atoms with Gasteiger partial charge in [0.1, 0.15) is 12.2 Å². The summed E-state index contributed by atoms with van der Waals surface area (Å²) < 4.78 is 0. The minimum atomic E-state index is -1.05. The number of carboxylic acids is 1. The molecule has 2 aliphatic heterocycles. The summed E-state index contributed by atoms with van der Waals surface area (Å²) in [5.74, 6) is -1.67. The first-order valence-corrected chi connectivity index (χ1v) is 11.9. The largest absolute Gasteiger partial charge is 0.481 e. The third kappa shape index (κ3) is 5.49. The van der Waals surface area contributed by atoms with Gasteiger partial charge in [-0.3, -0.25) is 14.4 Å². The molecule has 0 aromatic heterocycles. The summed E-state index contributed by atoms with van der Waals surface area (Å²) in [5, 5.41) is 15.2. The van der Waals surface area contributed by atoms with E-state index in [1.54, 1.807) is 17.0 Å². The quantitative estimate of drug-likeness (QED) is 0.608. The first-order chi connectivity index (χ1) is 17.2. The van der Waals surface area contributed by atoms with Gasteiger partial charge in [0.15, 0.2) is 0 Å². The number of carboxylic acid groups (broad SMARTS) is 1. The van der Waals surface area contributed by atoms with Crippen LogP contribution in [-0.2, 0) is 27.5 Å². The van der Waals surface area contributed by atoms with Crippen molar-refractivity contribution in [2.45, 2.75) is 45.1 Å². The third-order valence-corrected chi connectivity index (χ3v) is 6.52. The molecule has 2 N–H and O–H groups in total. The van der Waals surface area contributed by atoms with E-state index in [1.807, 2.05) is 61.5 Å². The third-order valence-electron chi connectivity index (χ3n) is 6.52. The summed E-state index contributed by atoms with van der Waals surface area (Å²) >= 11 is 0. The van der Waals surface area contributed by atoms with Crippen molar-refractivity contribution in [1.82, 2.24) is 25.1 Å². The lowest BCUT2D eigenvalue weighted by atomic mass is 10.0. The number of carbonyl (C=O) groups excluding carboxylic acids is 3. The molecule has 2 aliphatic rings. The number of rotatable bonds is 7. The maximum absolute atomic E-state index is 13.5. The van der Waals surface area contributed by atoms with Crippen molar-refractivity contribution in [3.8, 4) is 0 Å². The monoisotopic (exact) mass is 493 g/mol. The van der Waals surface area contributed by atoms with Crippen LogP contribution in [0.4, 0.5) is 4.79 Å². The van der Waals surface area contributed by atoms with Crippen LogP contribution in [0.2, 0.25) is 0 Å². The first kappa shape index (κ1) is 25.2. The normalized spacial score (nSPS) is 20.3. The summed E-state index contributed by atoms with van der Waals surface area (Å²) in [6, 6.07) is 15.9. The van der Waals surface area contributed by atoms with Gasteiger partial charge in [0.25, 0.3) is 0 Å². The van der Waals surface area contributed by atoms with E-state index in [1.165, 1.54) is 9.91 Å². The fourth-order valence-corrected chi connectivity index (χ4v) is 4.87. The van der Waals surface area contributed by atoms with E-state index in [-0.39, 0.29) is 37.7 Å². The summed E-state index contributed by atoms with van der Waals surface area (Å²) in [6.07, 6.45) is -1.04. The molecule has 0 saturated carbocycles. The predicted octanol–water partition coefficient (Wildman–Crippen LogP) is 1.80. The molecule has 4 rings (SSSR count). The van der Waals surface area contributed by atoms with Gasteiger partial charge in [0, 0.05) is 26.6 Å². The molecule has 0 unspecified atom stereocenters. The second-order valence-corrected chi connectivity index (χ2v) is 9.24. The van der Waals surface area contributed by atoms with E-state index in [2.05, 4.69) is 5.32 Å². The SMILES string of the molecule is Cc1cccc(CN2C[C@H]3N(C(=O)CN(C)N3C(=O)NCc3ccccc3)[C@@H](CCC(=O)O)C2=O)c1. The molecule has 0 bridgehead atoms. The Labute approximate surface area is 210 Å². The minimum absolute atomic E-state index is 0.0239. The molecule has 2 aromatic rings. The van der Waals surface area contributed by atoms with E-state index >= 15 is 0 Å². The molecule has 10 nitrogen and oxygen atoms in total. The van der Waals surface area contributed by atoms with E-state index in [0.717, 1.165) is 16.7 Å². The predicted molar refractivity (Wildman–Crippen MR) is 131 cm³/mol. The zero-order chi connectivity index (χ0) is 25.8. The van der Waals surface area contributed by atoms with E-state index in [4.69, 9.17) is 0 Å². The van der Waals surface area contributed by atoms with Crippen LogP contribution in [0.1, 0.15) is 29.5 Å². The van der Waals surface area contributed by atoms with Crippen LogP contribution in [0.15, 0.2) is 54.6 Å². The van der Waals surface area contributed by atoms with E-state index in [9.17, 15) is 24.3 Å². The molecule has 0 aliphatic carbocycles.